The molecule has 1 saturated carbocycles. The van der Waals surface area contributed by atoms with Crippen LogP contribution >= 0.6 is 0 Å². The van der Waals surface area contributed by atoms with Gasteiger partial charge in [0.15, 0.2) is 0 Å². The van der Waals surface area contributed by atoms with Gasteiger partial charge in [0.1, 0.15) is 0 Å². The minimum absolute atomic E-state index is 0.331. The minimum atomic E-state index is -0.981. The molecule has 1 aliphatic rings. The van der Waals surface area contributed by atoms with Crippen molar-refractivity contribution in [1.29, 1.82) is 0 Å². The summed E-state index contributed by atoms with van der Waals surface area (Å²) >= 11 is 0. The van der Waals surface area contributed by atoms with E-state index in [1.54, 1.807) is 0 Å². The smallest absolute Gasteiger partial charge is 0.327 e. The van der Waals surface area contributed by atoms with E-state index in [9.17, 15) is 4.79 Å². The van der Waals surface area contributed by atoms with Gasteiger partial charge in [-0.15, -0.1) is 0 Å². The van der Waals surface area contributed by atoms with Crippen LogP contribution in [-0.2, 0) is 4.79 Å². The number of hydrogen-bond acceptors (Lipinski definition) is 3. The summed E-state index contributed by atoms with van der Waals surface area (Å²) in [4.78, 5) is 9.25. The van der Waals surface area contributed by atoms with Gasteiger partial charge in [0, 0.05) is 19.3 Å². The van der Waals surface area contributed by atoms with Crippen LogP contribution in [0.15, 0.2) is 12.7 Å². The number of aliphatic hydroxyl groups is 2. The van der Waals surface area contributed by atoms with E-state index in [1.165, 1.54) is 0 Å². The zero-order chi connectivity index (χ0) is 11.7. The van der Waals surface area contributed by atoms with Gasteiger partial charge in [-0.3, -0.25) is 0 Å². The Labute approximate surface area is 90.2 Å². The van der Waals surface area contributed by atoms with Crippen LogP contribution in [0.2, 0.25) is 0 Å². The van der Waals surface area contributed by atoms with Crippen molar-refractivity contribution >= 4 is 5.97 Å². The van der Waals surface area contributed by atoms with Gasteiger partial charge in [0.2, 0.25) is 0 Å². The Morgan fingerprint density at radius 1 is 1.13 bits per heavy atom. The predicted octanol–water partition coefficient (Wildman–Crippen LogP) is 1.03. The van der Waals surface area contributed by atoms with Crippen molar-refractivity contribution in [1.82, 2.24) is 0 Å². The number of hydrogen-bond donors (Lipinski definition) is 3. The standard InChI is InChI=1S/C8H16O2.C3H4O2/c9-5-7-1-2-8(6-10)4-3-7;1-2-3(4)5/h7-10H,1-6H2;2H,1H2,(H,4,5). The van der Waals surface area contributed by atoms with Crippen LogP contribution in [0.3, 0.4) is 0 Å². The van der Waals surface area contributed by atoms with Gasteiger partial charge in [-0.25, -0.2) is 4.79 Å². The van der Waals surface area contributed by atoms with E-state index in [0.717, 1.165) is 31.8 Å². The molecule has 0 unspecified atom stereocenters. The second kappa shape index (κ2) is 8.44. The van der Waals surface area contributed by atoms with E-state index < -0.39 is 5.97 Å². The molecule has 1 fully saturated rings. The molecule has 0 aromatic rings. The number of carbonyl (C=O) groups is 1. The van der Waals surface area contributed by atoms with Crippen molar-refractivity contribution in [2.45, 2.75) is 25.7 Å². The first-order chi connectivity index (χ1) is 7.13. The van der Waals surface area contributed by atoms with Crippen molar-refractivity contribution < 1.29 is 20.1 Å². The molecule has 0 saturated heterocycles. The van der Waals surface area contributed by atoms with Crippen LogP contribution in [0, 0.1) is 11.8 Å². The number of carboxylic acids is 1. The molecule has 1 rings (SSSR count). The van der Waals surface area contributed by atoms with Crippen LogP contribution < -0.4 is 0 Å². The van der Waals surface area contributed by atoms with Crippen LogP contribution in [0.25, 0.3) is 0 Å². The lowest BCUT2D eigenvalue weighted by Crippen LogP contribution is -2.19. The second-order valence-electron chi connectivity index (χ2n) is 3.79. The molecule has 4 heteroatoms. The zero-order valence-electron chi connectivity index (χ0n) is 8.93. The molecule has 0 spiro atoms. The van der Waals surface area contributed by atoms with E-state index >= 15 is 0 Å². The summed E-state index contributed by atoms with van der Waals surface area (Å²) in [5.41, 5.74) is 0. The molecule has 0 atom stereocenters. The largest absolute Gasteiger partial charge is 0.478 e. The molecular formula is C11H20O4. The molecule has 0 bridgehead atoms. The maximum atomic E-state index is 9.25. The molecule has 3 N–H and O–H groups in total. The Balaban J connectivity index is 0.000000336. The molecule has 4 nitrogen and oxygen atoms in total. The fourth-order valence-electron chi connectivity index (χ4n) is 1.60. The van der Waals surface area contributed by atoms with Gasteiger partial charge >= 0.3 is 5.97 Å². The van der Waals surface area contributed by atoms with Crippen molar-refractivity contribution in [2.24, 2.45) is 11.8 Å². The molecule has 0 radical (unpaired) electrons. The summed E-state index contributed by atoms with van der Waals surface area (Å²) in [5, 5.41) is 25.2. The Hall–Kier alpha value is -0.870. The molecule has 0 heterocycles. The highest BCUT2D eigenvalue weighted by Gasteiger charge is 2.19. The Kier molecular flexibility index (Phi) is 7.95. The lowest BCUT2D eigenvalue weighted by Gasteiger charge is -2.25. The first-order valence-corrected chi connectivity index (χ1v) is 5.21. The van der Waals surface area contributed by atoms with Crippen LogP contribution in [0.1, 0.15) is 25.7 Å². The Bertz CT molecular complexity index is 171. The number of aliphatic carboxylic acids is 1. The third-order valence-electron chi connectivity index (χ3n) is 2.66. The van der Waals surface area contributed by atoms with Crippen LogP contribution in [0.5, 0.6) is 0 Å². The topological polar surface area (TPSA) is 77.8 Å². The molecule has 0 aliphatic heterocycles. The van der Waals surface area contributed by atoms with Gasteiger partial charge in [0.25, 0.3) is 0 Å². The Morgan fingerprint density at radius 3 is 1.53 bits per heavy atom. The van der Waals surface area contributed by atoms with Crippen LogP contribution in [-0.4, -0.2) is 34.5 Å². The molecule has 1 aliphatic carbocycles. The summed E-state index contributed by atoms with van der Waals surface area (Å²) in [6.45, 7) is 3.62. The maximum Gasteiger partial charge on any atom is 0.327 e. The third-order valence-corrected chi connectivity index (χ3v) is 2.66. The molecule has 0 amide bonds. The van der Waals surface area contributed by atoms with Crippen LogP contribution in [0.4, 0.5) is 0 Å². The molecular weight excluding hydrogens is 196 g/mol. The summed E-state index contributed by atoms with van der Waals surface area (Å²) in [6.07, 6.45) is 5.23. The summed E-state index contributed by atoms with van der Waals surface area (Å²) in [5.74, 6) is 0.0515. The highest BCUT2D eigenvalue weighted by Crippen LogP contribution is 2.27. The van der Waals surface area contributed by atoms with E-state index in [-0.39, 0.29) is 0 Å². The fourth-order valence-corrected chi connectivity index (χ4v) is 1.60. The average molecular weight is 216 g/mol. The first kappa shape index (κ1) is 14.1. The zero-order valence-corrected chi connectivity index (χ0v) is 8.93. The first-order valence-electron chi connectivity index (χ1n) is 5.21. The normalized spacial score (nSPS) is 24.9. The van der Waals surface area contributed by atoms with E-state index in [0.29, 0.717) is 25.0 Å². The molecule has 0 aromatic carbocycles. The number of rotatable bonds is 3. The Morgan fingerprint density at radius 2 is 1.40 bits per heavy atom. The van der Waals surface area contributed by atoms with E-state index in [4.69, 9.17) is 15.3 Å². The lowest BCUT2D eigenvalue weighted by atomic mass is 9.83. The van der Waals surface area contributed by atoms with Gasteiger partial charge in [-0.2, -0.15) is 0 Å². The third kappa shape index (κ3) is 7.11. The summed E-state index contributed by atoms with van der Waals surface area (Å²) < 4.78 is 0. The second-order valence-corrected chi connectivity index (χ2v) is 3.79. The quantitative estimate of drug-likeness (QED) is 0.616. The van der Waals surface area contributed by atoms with Gasteiger partial charge in [0.05, 0.1) is 0 Å². The van der Waals surface area contributed by atoms with E-state index in [1.807, 2.05) is 0 Å². The van der Waals surface area contributed by atoms with E-state index in [2.05, 4.69) is 6.58 Å². The van der Waals surface area contributed by atoms with Crippen molar-refractivity contribution in [3.63, 3.8) is 0 Å². The van der Waals surface area contributed by atoms with Gasteiger partial charge in [-0.1, -0.05) is 6.58 Å². The fraction of sp³-hybridized carbons (Fsp3) is 0.727. The lowest BCUT2D eigenvalue weighted by molar-refractivity contribution is -0.131. The summed E-state index contributed by atoms with van der Waals surface area (Å²) in [7, 11) is 0. The average Bonchev–Trinajstić information content (AvgIpc) is 2.30. The predicted molar refractivity (Wildman–Crippen MR) is 57.5 cm³/mol. The minimum Gasteiger partial charge on any atom is -0.478 e. The molecule has 0 aromatic heterocycles. The van der Waals surface area contributed by atoms with Crippen molar-refractivity contribution in [3.05, 3.63) is 12.7 Å². The molecule has 88 valence electrons. The SMILES string of the molecule is C=CC(=O)O.OCC1CCC(CO)CC1. The highest BCUT2D eigenvalue weighted by atomic mass is 16.4. The van der Waals surface area contributed by atoms with Gasteiger partial charge < -0.3 is 15.3 Å². The maximum absolute atomic E-state index is 9.25. The number of carboxylic acid groups (broad SMARTS) is 1. The highest BCUT2D eigenvalue weighted by molar-refractivity contribution is 5.78. The monoisotopic (exact) mass is 216 g/mol. The van der Waals surface area contributed by atoms with Crippen molar-refractivity contribution in [2.75, 3.05) is 13.2 Å². The summed E-state index contributed by atoms with van der Waals surface area (Å²) in [6, 6.07) is 0. The van der Waals surface area contributed by atoms with Crippen molar-refractivity contribution in [3.8, 4) is 0 Å². The van der Waals surface area contributed by atoms with Gasteiger partial charge in [-0.05, 0) is 37.5 Å². The number of aliphatic hydroxyl groups excluding tert-OH is 2. The molecule has 15 heavy (non-hydrogen) atoms.